The van der Waals surface area contributed by atoms with Crippen LogP contribution in [0.2, 0.25) is 0 Å². The van der Waals surface area contributed by atoms with Gasteiger partial charge in [-0.05, 0) is 97.2 Å². The lowest BCUT2D eigenvalue weighted by atomic mass is 9.72. The van der Waals surface area contributed by atoms with Crippen molar-refractivity contribution in [2.75, 3.05) is 0 Å². The molecule has 2 aromatic carbocycles. The molecule has 1 heterocycles. The van der Waals surface area contributed by atoms with Crippen LogP contribution in [0.1, 0.15) is 48.4 Å². The zero-order valence-corrected chi connectivity index (χ0v) is 22.3. The zero-order chi connectivity index (χ0) is 28.9. The molecule has 3 aromatic rings. The Bertz CT molecular complexity index is 1530. The van der Waals surface area contributed by atoms with E-state index in [-0.39, 0.29) is 48.6 Å². The van der Waals surface area contributed by atoms with Crippen molar-refractivity contribution >= 4 is 15.7 Å². The van der Waals surface area contributed by atoms with Gasteiger partial charge in [-0.3, -0.25) is 9.78 Å². The molecule has 1 unspecified atom stereocenters. The van der Waals surface area contributed by atoms with Gasteiger partial charge in [-0.2, -0.15) is 13.2 Å². The first-order valence-corrected chi connectivity index (χ1v) is 14.3. The van der Waals surface area contributed by atoms with Crippen LogP contribution in [0.4, 0.5) is 22.0 Å². The summed E-state index contributed by atoms with van der Waals surface area (Å²) in [7, 11) is -4.27. The number of hydrogen-bond acceptors (Lipinski definition) is 4. The van der Waals surface area contributed by atoms with Crippen LogP contribution >= 0.6 is 0 Å². The summed E-state index contributed by atoms with van der Waals surface area (Å²) in [6.07, 6.45) is -1.37. The monoisotopic (exact) mass is 578 g/mol. The van der Waals surface area contributed by atoms with E-state index < -0.39 is 49.6 Å². The minimum atomic E-state index is -5.17. The summed E-state index contributed by atoms with van der Waals surface area (Å²) in [4.78, 5) is 17.2. The van der Waals surface area contributed by atoms with Crippen LogP contribution in [-0.4, -0.2) is 25.5 Å². The average Bonchev–Trinajstić information content (AvgIpc) is 3.33. The molecular weight excluding hydrogens is 551 g/mol. The number of carbonyl (C=O) groups is 1. The molecule has 5 nitrogen and oxygen atoms in total. The van der Waals surface area contributed by atoms with E-state index in [9.17, 15) is 35.2 Å². The Kier molecular flexibility index (Phi) is 7.00. The smallest absolute Gasteiger partial charge is 0.352 e. The predicted molar refractivity (Wildman–Crippen MR) is 137 cm³/mol. The maximum Gasteiger partial charge on any atom is 0.426 e. The molecule has 0 aliphatic heterocycles. The first-order valence-electron chi connectivity index (χ1n) is 12.9. The number of halogens is 5. The lowest BCUT2D eigenvalue weighted by Gasteiger charge is -2.42. The Balaban J connectivity index is 1.59. The lowest BCUT2D eigenvalue weighted by molar-refractivity contribution is -0.228. The summed E-state index contributed by atoms with van der Waals surface area (Å²) in [6.45, 7) is 0.652. The molecule has 1 aromatic heterocycles. The van der Waals surface area contributed by atoms with Crippen molar-refractivity contribution in [3.63, 3.8) is 0 Å². The highest BCUT2D eigenvalue weighted by Crippen LogP contribution is 2.59. The standard InChI is InChI=1S/C29H27F5N2O3S/c1-27(31,29(32,33)34)20-3-9-24-19(16-20)2-8-25-23(26(37)36-17-18-11-14-35-15-12-18)10-13-28(24,25)40(38,39)22-6-4-21(30)5-7-22/h3-7,9,11-12,14-16,23,25H,2,8,10,13,17H2,1H3,(H,36,37)/t23-,25-,27?,28+/m1/s1. The van der Waals surface area contributed by atoms with Crippen LogP contribution < -0.4 is 5.32 Å². The summed E-state index contributed by atoms with van der Waals surface area (Å²) >= 11 is 0. The summed E-state index contributed by atoms with van der Waals surface area (Å²) in [5.74, 6) is -2.34. The number of hydrogen-bond donors (Lipinski definition) is 1. The first-order chi connectivity index (χ1) is 18.8. The minimum Gasteiger partial charge on any atom is -0.352 e. The zero-order valence-electron chi connectivity index (χ0n) is 21.5. The Morgan fingerprint density at radius 3 is 2.35 bits per heavy atom. The number of rotatable bonds is 6. The fourth-order valence-corrected chi connectivity index (χ4v) is 8.74. The average molecular weight is 579 g/mol. The van der Waals surface area contributed by atoms with Crippen LogP contribution in [0.3, 0.4) is 0 Å². The van der Waals surface area contributed by atoms with Crippen LogP contribution in [0.5, 0.6) is 0 Å². The topological polar surface area (TPSA) is 76.1 Å². The summed E-state index contributed by atoms with van der Waals surface area (Å²) < 4.78 is 96.0. The molecule has 0 radical (unpaired) electrons. The molecule has 212 valence electrons. The van der Waals surface area contributed by atoms with Crippen molar-refractivity contribution < 1.29 is 35.2 Å². The fraction of sp³-hybridized carbons (Fsp3) is 0.379. The molecule has 0 bridgehead atoms. The van der Waals surface area contributed by atoms with E-state index >= 15 is 0 Å². The van der Waals surface area contributed by atoms with Crippen LogP contribution in [0, 0.1) is 17.7 Å². The predicted octanol–water partition coefficient (Wildman–Crippen LogP) is 5.93. The molecule has 40 heavy (non-hydrogen) atoms. The molecule has 11 heteroatoms. The Labute approximate surface area is 228 Å². The summed E-state index contributed by atoms with van der Waals surface area (Å²) in [5, 5.41) is 2.87. The molecular formula is C29H27F5N2O3S. The molecule has 0 saturated heterocycles. The first kappa shape index (κ1) is 28.2. The van der Waals surface area contributed by atoms with Crippen LogP contribution in [-0.2, 0) is 38.0 Å². The van der Waals surface area contributed by atoms with Gasteiger partial charge in [0.05, 0.1) is 4.90 Å². The molecule has 2 aliphatic rings. The summed E-state index contributed by atoms with van der Waals surface area (Å²) in [6, 6.07) is 11.2. The highest BCUT2D eigenvalue weighted by Gasteiger charge is 2.62. The van der Waals surface area contributed by atoms with Gasteiger partial charge >= 0.3 is 6.18 Å². The minimum absolute atomic E-state index is 0.0310. The van der Waals surface area contributed by atoms with Gasteiger partial charge in [0.25, 0.3) is 0 Å². The molecule has 1 fully saturated rings. The molecule has 4 atom stereocenters. The number of nitrogens with zero attached hydrogens (tertiary/aromatic N) is 1. The number of amides is 1. The van der Waals surface area contributed by atoms with Gasteiger partial charge < -0.3 is 5.32 Å². The van der Waals surface area contributed by atoms with Crippen molar-refractivity contribution in [3.8, 4) is 0 Å². The van der Waals surface area contributed by atoms with Gasteiger partial charge in [-0.1, -0.05) is 18.2 Å². The van der Waals surface area contributed by atoms with Gasteiger partial charge in [-0.15, -0.1) is 0 Å². The van der Waals surface area contributed by atoms with Gasteiger partial charge in [-0.25, -0.2) is 17.2 Å². The second kappa shape index (κ2) is 9.94. The number of benzene rings is 2. The van der Waals surface area contributed by atoms with Crippen molar-refractivity contribution in [2.45, 2.75) is 60.6 Å². The third kappa shape index (κ3) is 4.48. The van der Waals surface area contributed by atoms with Crippen molar-refractivity contribution in [3.05, 3.63) is 95.1 Å². The van der Waals surface area contributed by atoms with Crippen molar-refractivity contribution in [1.82, 2.24) is 10.3 Å². The van der Waals surface area contributed by atoms with E-state index in [1.807, 2.05) is 0 Å². The lowest BCUT2D eigenvalue weighted by Crippen LogP contribution is -2.47. The third-order valence-corrected chi connectivity index (χ3v) is 11.0. The number of carbonyl (C=O) groups excluding carboxylic acids is 1. The third-order valence-electron chi connectivity index (χ3n) is 8.43. The van der Waals surface area contributed by atoms with Crippen LogP contribution in [0.15, 0.2) is 71.9 Å². The maximum absolute atomic E-state index is 14.9. The van der Waals surface area contributed by atoms with E-state index in [4.69, 9.17) is 0 Å². The Morgan fingerprint density at radius 2 is 1.70 bits per heavy atom. The van der Waals surface area contributed by atoms with Crippen LogP contribution in [0.25, 0.3) is 0 Å². The van der Waals surface area contributed by atoms with E-state index in [1.165, 1.54) is 6.07 Å². The normalized spacial score (nSPS) is 24.1. The molecule has 2 aliphatic carbocycles. The second-order valence-corrected chi connectivity index (χ2v) is 12.8. The number of alkyl halides is 4. The highest BCUT2D eigenvalue weighted by molar-refractivity contribution is 7.92. The molecule has 0 spiro atoms. The number of nitrogens with one attached hydrogen (secondary N) is 1. The van der Waals surface area contributed by atoms with Gasteiger partial charge in [0, 0.05) is 24.9 Å². The molecule has 1 N–H and O–H groups in total. The SMILES string of the molecule is CC(F)(c1ccc2c(c1)CC[C@@H]1[C@H](C(=O)NCc3ccncc3)CC[C@]21S(=O)(=O)c1ccc(F)cc1)C(F)(F)F. The molecule has 5 rings (SSSR count). The Morgan fingerprint density at radius 1 is 1.02 bits per heavy atom. The second-order valence-electron chi connectivity index (χ2n) is 10.6. The van der Waals surface area contributed by atoms with Crippen molar-refractivity contribution in [1.29, 1.82) is 0 Å². The number of pyridine rings is 1. The fourth-order valence-electron chi connectivity index (χ4n) is 6.27. The van der Waals surface area contributed by atoms with E-state index in [1.54, 1.807) is 24.5 Å². The largest absolute Gasteiger partial charge is 0.426 e. The van der Waals surface area contributed by atoms with E-state index in [2.05, 4.69) is 10.3 Å². The number of fused-ring (bicyclic) bond motifs is 3. The number of sulfone groups is 1. The van der Waals surface area contributed by atoms with E-state index in [0.717, 1.165) is 42.0 Å². The molecule has 1 saturated carbocycles. The quantitative estimate of drug-likeness (QED) is 0.291. The van der Waals surface area contributed by atoms with Crippen molar-refractivity contribution in [2.24, 2.45) is 11.8 Å². The van der Waals surface area contributed by atoms with E-state index in [0.29, 0.717) is 12.5 Å². The van der Waals surface area contributed by atoms with Gasteiger partial charge in [0.2, 0.25) is 11.6 Å². The Hall–Kier alpha value is -3.34. The number of aryl methyl sites for hydroxylation is 1. The molecule has 1 amide bonds. The van der Waals surface area contributed by atoms with Gasteiger partial charge in [0.1, 0.15) is 10.6 Å². The summed E-state index contributed by atoms with van der Waals surface area (Å²) in [5.41, 5.74) is -2.87. The number of aromatic nitrogens is 1. The van der Waals surface area contributed by atoms with Gasteiger partial charge in [0.15, 0.2) is 9.84 Å². The maximum atomic E-state index is 14.9. The highest BCUT2D eigenvalue weighted by atomic mass is 32.2.